The van der Waals surface area contributed by atoms with Crippen LogP contribution in [0, 0.1) is 0 Å². The Morgan fingerprint density at radius 3 is 2.94 bits per heavy atom. The van der Waals surface area contributed by atoms with Gasteiger partial charge in [-0.1, -0.05) is 11.6 Å². The molecular weight excluding hydrogens is 252 g/mol. The molecule has 0 unspecified atom stereocenters. The summed E-state index contributed by atoms with van der Waals surface area (Å²) in [7, 11) is 1.58. The van der Waals surface area contributed by atoms with Crippen LogP contribution in [0.25, 0.3) is 0 Å². The maximum Gasteiger partial charge on any atom is 0.227 e. The molecular formula is C13H17ClN2O2. The van der Waals surface area contributed by atoms with Crippen LogP contribution in [-0.4, -0.2) is 32.7 Å². The van der Waals surface area contributed by atoms with Gasteiger partial charge in [-0.25, -0.2) is 0 Å². The third-order valence-corrected chi connectivity index (χ3v) is 3.30. The van der Waals surface area contributed by atoms with Gasteiger partial charge >= 0.3 is 0 Å². The van der Waals surface area contributed by atoms with E-state index in [1.54, 1.807) is 24.1 Å². The Balaban J connectivity index is 2.22. The van der Waals surface area contributed by atoms with Gasteiger partial charge in [0.2, 0.25) is 5.91 Å². The molecule has 5 heteroatoms. The van der Waals surface area contributed by atoms with E-state index in [1.165, 1.54) is 0 Å². The maximum atomic E-state index is 12.1. The number of halogens is 1. The monoisotopic (exact) mass is 268 g/mol. The third-order valence-electron chi connectivity index (χ3n) is 3.00. The minimum absolute atomic E-state index is 0.151. The fourth-order valence-corrected chi connectivity index (χ4v) is 2.29. The highest BCUT2D eigenvalue weighted by molar-refractivity contribution is 6.32. The lowest BCUT2D eigenvalue weighted by Gasteiger charge is -2.25. The van der Waals surface area contributed by atoms with Crippen LogP contribution < -0.4 is 15.0 Å². The molecule has 0 saturated carbocycles. The highest BCUT2D eigenvalue weighted by atomic mass is 35.5. The first-order valence-electron chi connectivity index (χ1n) is 6.07. The maximum absolute atomic E-state index is 12.1. The van der Waals surface area contributed by atoms with E-state index in [4.69, 9.17) is 16.3 Å². The van der Waals surface area contributed by atoms with E-state index in [0.717, 1.165) is 25.2 Å². The van der Waals surface area contributed by atoms with Crippen molar-refractivity contribution in [2.45, 2.75) is 12.8 Å². The zero-order valence-corrected chi connectivity index (χ0v) is 11.2. The molecule has 1 aromatic rings. The van der Waals surface area contributed by atoms with E-state index >= 15 is 0 Å². The number of amides is 1. The van der Waals surface area contributed by atoms with Gasteiger partial charge in [-0.05, 0) is 31.2 Å². The molecule has 1 N–H and O–H groups in total. The summed E-state index contributed by atoms with van der Waals surface area (Å²) >= 11 is 6.09. The SMILES string of the molecule is COc1ccc(N2CCNCCCC2=O)cc1Cl. The van der Waals surface area contributed by atoms with Crippen molar-refractivity contribution >= 4 is 23.2 Å². The predicted molar refractivity (Wildman–Crippen MR) is 72.5 cm³/mol. The van der Waals surface area contributed by atoms with Gasteiger partial charge in [-0.3, -0.25) is 4.79 Å². The third kappa shape index (κ3) is 2.94. The average molecular weight is 269 g/mol. The Morgan fingerprint density at radius 2 is 2.22 bits per heavy atom. The number of carbonyl (C=O) groups is 1. The molecule has 0 atom stereocenters. The molecule has 18 heavy (non-hydrogen) atoms. The number of nitrogens with one attached hydrogen (secondary N) is 1. The fourth-order valence-electron chi connectivity index (χ4n) is 2.04. The smallest absolute Gasteiger partial charge is 0.227 e. The molecule has 0 aliphatic carbocycles. The molecule has 1 amide bonds. The van der Waals surface area contributed by atoms with Gasteiger partial charge in [0.15, 0.2) is 0 Å². The first-order valence-corrected chi connectivity index (χ1v) is 6.45. The number of carbonyl (C=O) groups excluding carboxylic acids is 1. The number of methoxy groups -OCH3 is 1. The van der Waals surface area contributed by atoms with Gasteiger partial charge in [0.05, 0.1) is 12.1 Å². The van der Waals surface area contributed by atoms with Crippen LogP contribution in [0.15, 0.2) is 18.2 Å². The summed E-state index contributed by atoms with van der Waals surface area (Å²) in [4.78, 5) is 13.8. The quantitative estimate of drug-likeness (QED) is 0.893. The Kier molecular flexibility index (Phi) is 4.44. The predicted octanol–water partition coefficient (Wildman–Crippen LogP) is 2.06. The molecule has 2 rings (SSSR count). The first-order chi connectivity index (χ1) is 8.72. The average Bonchev–Trinajstić information content (AvgIpc) is 2.34. The molecule has 1 aliphatic heterocycles. The normalized spacial score (nSPS) is 17.2. The van der Waals surface area contributed by atoms with E-state index in [1.807, 2.05) is 6.07 Å². The number of hydrogen-bond donors (Lipinski definition) is 1. The molecule has 0 bridgehead atoms. The summed E-state index contributed by atoms with van der Waals surface area (Å²) < 4.78 is 5.11. The topological polar surface area (TPSA) is 41.6 Å². The van der Waals surface area contributed by atoms with E-state index in [0.29, 0.717) is 23.7 Å². The highest BCUT2D eigenvalue weighted by Gasteiger charge is 2.17. The van der Waals surface area contributed by atoms with Crippen LogP contribution in [0.5, 0.6) is 5.75 Å². The van der Waals surface area contributed by atoms with Crippen molar-refractivity contribution < 1.29 is 9.53 Å². The van der Waals surface area contributed by atoms with Gasteiger partial charge in [0.25, 0.3) is 0 Å². The lowest BCUT2D eigenvalue weighted by Crippen LogP contribution is -2.39. The van der Waals surface area contributed by atoms with Crippen LogP contribution >= 0.6 is 11.6 Å². The summed E-state index contributed by atoms with van der Waals surface area (Å²) in [5, 5.41) is 3.82. The largest absolute Gasteiger partial charge is 0.495 e. The van der Waals surface area contributed by atoms with Crippen LogP contribution in [-0.2, 0) is 4.79 Å². The van der Waals surface area contributed by atoms with E-state index < -0.39 is 0 Å². The van der Waals surface area contributed by atoms with Crippen molar-refractivity contribution in [2.24, 2.45) is 0 Å². The molecule has 0 spiro atoms. The summed E-state index contributed by atoms with van der Waals surface area (Å²) in [5.74, 6) is 0.774. The van der Waals surface area contributed by atoms with E-state index in [-0.39, 0.29) is 5.91 Å². The molecule has 1 aromatic carbocycles. The number of nitrogens with zero attached hydrogens (tertiary/aromatic N) is 1. The van der Waals surface area contributed by atoms with Gasteiger partial charge in [0.1, 0.15) is 5.75 Å². The minimum Gasteiger partial charge on any atom is -0.495 e. The molecule has 1 aliphatic rings. The minimum atomic E-state index is 0.151. The molecule has 0 aromatic heterocycles. The standard InChI is InChI=1S/C13H17ClN2O2/c1-18-12-5-4-10(9-11(12)14)16-8-7-15-6-2-3-13(16)17/h4-5,9,15H,2-3,6-8H2,1H3. The van der Waals surface area contributed by atoms with Gasteiger partial charge in [0, 0.05) is 25.2 Å². The zero-order chi connectivity index (χ0) is 13.0. The van der Waals surface area contributed by atoms with Gasteiger partial charge < -0.3 is 15.0 Å². The van der Waals surface area contributed by atoms with Crippen LogP contribution in [0.4, 0.5) is 5.69 Å². The summed E-state index contributed by atoms with van der Waals surface area (Å²) in [5.41, 5.74) is 0.828. The van der Waals surface area contributed by atoms with E-state index in [9.17, 15) is 4.79 Å². The van der Waals surface area contributed by atoms with Crippen molar-refractivity contribution in [2.75, 3.05) is 31.6 Å². The number of benzene rings is 1. The van der Waals surface area contributed by atoms with Crippen LogP contribution in [0.3, 0.4) is 0 Å². The van der Waals surface area contributed by atoms with Crippen LogP contribution in [0.2, 0.25) is 5.02 Å². The van der Waals surface area contributed by atoms with Crippen molar-refractivity contribution in [3.8, 4) is 5.75 Å². The lowest BCUT2D eigenvalue weighted by atomic mass is 10.2. The summed E-state index contributed by atoms with van der Waals surface area (Å²) in [6.45, 7) is 2.37. The van der Waals surface area contributed by atoms with E-state index in [2.05, 4.69) is 5.32 Å². The van der Waals surface area contributed by atoms with Crippen molar-refractivity contribution in [3.63, 3.8) is 0 Å². The number of rotatable bonds is 2. The molecule has 4 nitrogen and oxygen atoms in total. The Labute approximate surface area is 112 Å². The molecule has 1 saturated heterocycles. The summed E-state index contributed by atoms with van der Waals surface area (Å²) in [6.07, 6.45) is 1.44. The van der Waals surface area contributed by atoms with Crippen molar-refractivity contribution in [1.82, 2.24) is 5.32 Å². The number of ether oxygens (including phenoxy) is 1. The second kappa shape index (κ2) is 6.07. The molecule has 1 heterocycles. The highest BCUT2D eigenvalue weighted by Crippen LogP contribution is 2.29. The number of anilines is 1. The number of hydrogen-bond acceptors (Lipinski definition) is 3. The Bertz CT molecular complexity index is 437. The second-order valence-corrected chi connectivity index (χ2v) is 4.62. The molecule has 98 valence electrons. The van der Waals surface area contributed by atoms with Gasteiger partial charge in [-0.15, -0.1) is 0 Å². The fraction of sp³-hybridized carbons (Fsp3) is 0.462. The van der Waals surface area contributed by atoms with Crippen molar-refractivity contribution in [3.05, 3.63) is 23.2 Å². The van der Waals surface area contributed by atoms with Crippen molar-refractivity contribution in [1.29, 1.82) is 0 Å². The van der Waals surface area contributed by atoms with Crippen LogP contribution in [0.1, 0.15) is 12.8 Å². The molecule has 1 fully saturated rings. The molecule has 0 radical (unpaired) electrons. The van der Waals surface area contributed by atoms with Gasteiger partial charge in [-0.2, -0.15) is 0 Å². The zero-order valence-electron chi connectivity index (χ0n) is 10.4. The Hall–Kier alpha value is -1.26. The first kappa shape index (κ1) is 13.2. The summed E-state index contributed by atoms with van der Waals surface area (Å²) in [6, 6.07) is 5.43. The second-order valence-electron chi connectivity index (χ2n) is 4.22. The Morgan fingerprint density at radius 1 is 1.39 bits per heavy atom. The lowest BCUT2D eigenvalue weighted by molar-refractivity contribution is -0.118.